The smallest absolute Gasteiger partial charge is 0.195 e. The molecule has 7 N–H and O–H groups in total. The maximum atomic E-state index is 10.7. The van der Waals surface area contributed by atoms with E-state index < -0.39 is 17.8 Å². The summed E-state index contributed by atoms with van der Waals surface area (Å²) in [5, 5.41) is 10.1. The molecule has 0 spiro atoms. The molecule has 1 aromatic rings. The van der Waals surface area contributed by atoms with Crippen molar-refractivity contribution in [3.8, 4) is 0 Å². The van der Waals surface area contributed by atoms with Crippen molar-refractivity contribution in [3.05, 3.63) is 18.2 Å². The van der Waals surface area contributed by atoms with Crippen LogP contribution in [0.5, 0.6) is 0 Å². The van der Waals surface area contributed by atoms with Crippen molar-refractivity contribution in [3.63, 3.8) is 0 Å². The number of hydrogen-bond donors (Lipinski definition) is 3. The van der Waals surface area contributed by atoms with Crippen LogP contribution in [0.4, 0.5) is 0 Å². The Morgan fingerprint density at radius 3 is 2.71 bits per heavy atom. The van der Waals surface area contributed by atoms with Crippen LogP contribution < -0.4 is 17.0 Å². The van der Waals surface area contributed by atoms with Crippen molar-refractivity contribution in [1.82, 2.24) is 16.1 Å². The number of aromatic nitrogens is 2. The van der Waals surface area contributed by atoms with E-state index in [0.29, 0.717) is 5.69 Å². The topological polar surface area (TPSA) is 148 Å². The van der Waals surface area contributed by atoms with Gasteiger partial charge in [-0.3, -0.25) is 4.79 Å². The van der Waals surface area contributed by atoms with Crippen molar-refractivity contribution in [2.75, 3.05) is 0 Å². The van der Waals surface area contributed by atoms with Crippen molar-refractivity contribution in [2.45, 2.75) is 12.5 Å². The molecule has 0 unspecified atom stereocenters. The molecule has 7 nitrogen and oxygen atoms in total. The monoisotopic (exact) mass is 200 g/mol. The summed E-state index contributed by atoms with van der Waals surface area (Å²) >= 11 is 0. The third kappa shape index (κ3) is 2.96. The highest BCUT2D eigenvalue weighted by Crippen LogP contribution is 1.96. The van der Waals surface area contributed by atoms with E-state index >= 15 is 0 Å². The predicted molar refractivity (Wildman–Crippen MR) is 46.3 cm³/mol. The van der Waals surface area contributed by atoms with Gasteiger partial charge in [-0.2, -0.15) is 0 Å². The number of imidazole rings is 1. The molecule has 14 heavy (non-hydrogen) atoms. The van der Waals surface area contributed by atoms with Gasteiger partial charge >= 0.3 is 0 Å². The van der Waals surface area contributed by atoms with Crippen LogP contribution in [0, 0.1) is 0 Å². The zero-order valence-electron chi connectivity index (χ0n) is 7.69. The van der Waals surface area contributed by atoms with Gasteiger partial charge in [0, 0.05) is 18.3 Å². The molecule has 0 aromatic carbocycles. The zero-order chi connectivity index (χ0) is 9.84. The Morgan fingerprint density at radius 2 is 2.29 bits per heavy atom. The summed E-state index contributed by atoms with van der Waals surface area (Å²) in [7, 11) is 0. The highest BCUT2D eigenvalue weighted by atomic mass is 16.4. The van der Waals surface area contributed by atoms with Crippen LogP contribution in [-0.2, 0) is 16.0 Å². The Kier molecular flexibility index (Phi) is 4.47. The van der Waals surface area contributed by atoms with Gasteiger partial charge in [-0.1, -0.05) is 0 Å². The summed E-state index contributed by atoms with van der Waals surface area (Å²) in [6.45, 7) is 0. The number of H-pyrrole nitrogens is 1. The second-order valence-electron chi connectivity index (χ2n) is 2.54. The third-order valence-electron chi connectivity index (χ3n) is 1.53. The number of Topliss-reactive ketones (excluding diaryl/α,β-unsaturated/α-hetero) is 1. The SMILES string of the molecule is N[C@@H](Cc1cnc[nH]1)C(=O)C(=O)[O-].[NH4+]. The minimum absolute atomic E-state index is 0. The van der Waals surface area contributed by atoms with Crippen molar-refractivity contribution < 1.29 is 14.7 Å². The lowest BCUT2D eigenvalue weighted by atomic mass is 10.1. The number of aliphatic carboxylic acids is 1. The van der Waals surface area contributed by atoms with Crippen LogP contribution in [0.3, 0.4) is 0 Å². The number of carboxylic acids is 1. The summed E-state index contributed by atoms with van der Waals surface area (Å²) in [5.41, 5.74) is 5.90. The highest BCUT2D eigenvalue weighted by molar-refractivity contribution is 6.33. The number of nitrogens with zero attached hydrogens (tertiary/aromatic N) is 1. The Labute approximate surface area is 79.9 Å². The zero-order valence-corrected chi connectivity index (χ0v) is 7.69. The number of carbonyl (C=O) groups excluding carboxylic acids is 2. The van der Waals surface area contributed by atoms with E-state index in [1.165, 1.54) is 12.5 Å². The summed E-state index contributed by atoms with van der Waals surface area (Å²) in [4.78, 5) is 27.2. The van der Waals surface area contributed by atoms with Crippen LogP contribution in [0.25, 0.3) is 0 Å². The van der Waals surface area contributed by atoms with E-state index in [9.17, 15) is 14.7 Å². The van der Waals surface area contributed by atoms with Gasteiger partial charge in [-0.25, -0.2) is 4.98 Å². The molecule has 0 aliphatic heterocycles. The molecular weight excluding hydrogens is 188 g/mol. The van der Waals surface area contributed by atoms with E-state index in [0.717, 1.165) is 0 Å². The second kappa shape index (κ2) is 5.10. The number of quaternary nitrogens is 1. The molecule has 0 radical (unpaired) electrons. The molecule has 0 aliphatic rings. The maximum Gasteiger partial charge on any atom is 0.195 e. The Hall–Kier alpha value is -1.73. The van der Waals surface area contributed by atoms with Crippen molar-refractivity contribution in [1.29, 1.82) is 0 Å². The van der Waals surface area contributed by atoms with E-state index in [2.05, 4.69) is 9.97 Å². The van der Waals surface area contributed by atoms with Gasteiger partial charge in [0.2, 0.25) is 0 Å². The first kappa shape index (κ1) is 12.3. The quantitative estimate of drug-likeness (QED) is 0.479. The van der Waals surface area contributed by atoms with Gasteiger partial charge < -0.3 is 26.8 Å². The van der Waals surface area contributed by atoms with Gasteiger partial charge in [0.15, 0.2) is 5.78 Å². The molecular formula is C7H12N4O3. The largest absolute Gasteiger partial charge is 0.542 e. The van der Waals surface area contributed by atoms with Crippen LogP contribution in [-0.4, -0.2) is 27.8 Å². The number of nitrogens with two attached hydrogens (primary N) is 1. The summed E-state index contributed by atoms with van der Waals surface area (Å²) in [6.07, 6.45) is 3.01. The van der Waals surface area contributed by atoms with Crippen LogP contribution in [0.2, 0.25) is 0 Å². The molecule has 1 heterocycles. The highest BCUT2D eigenvalue weighted by Gasteiger charge is 2.15. The molecule has 0 aliphatic carbocycles. The third-order valence-corrected chi connectivity index (χ3v) is 1.53. The number of rotatable bonds is 4. The van der Waals surface area contributed by atoms with E-state index in [4.69, 9.17) is 5.73 Å². The molecule has 78 valence electrons. The molecule has 7 heteroatoms. The summed E-state index contributed by atoms with van der Waals surface area (Å²) < 4.78 is 0. The number of carbonyl (C=O) groups is 2. The lowest BCUT2D eigenvalue weighted by molar-refractivity contribution is -0.300. The van der Waals surface area contributed by atoms with E-state index in [1.54, 1.807) is 0 Å². The lowest BCUT2D eigenvalue weighted by Gasteiger charge is -2.08. The van der Waals surface area contributed by atoms with Gasteiger partial charge in [-0.15, -0.1) is 0 Å². The Morgan fingerprint density at radius 1 is 1.64 bits per heavy atom. The normalized spacial score (nSPS) is 11.5. The first-order chi connectivity index (χ1) is 6.11. The molecule has 1 atom stereocenters. The Bertz CT molecular complexity index is 309. The molecule has 1 aromatic heterocycles. The van der Waals surface area contributed by atoms with Crippen LogP contribution in [0.15, 0.2) is 12.5 Å². The fourth-order valence-corrected chi connectivity index (χ4v) is 0.877. The molecule has 0 fully saturated rings. The maximum absolute atomic E-state index is 10.7. The van der Waals surface area contributed by atoms with Gasteiger partial charge in [0.05, 0.1) is 12.4 Å². The van der Waals surface area contributed by atoms with E-state index in [1.807, 2.05) is 0 Å². The van der Waals surface area contributed by atoms with Crippen LogP contribution >= 0.6 is 0 Å². The molecule has 0 amide bonds. The molecule has 0 bridgehead atoms. The number of aromatic amines is 1. The predicted octanol–water partition coefficient (Wildman–Crippen LogP) is -2.03. The Balaban J connectivity index is 0.00000169. The number of hydrogen-bond acceptors (Lipinski definition) is 5. The number of ketones is 1. The van der Waals surface area contributed by atoms with Crippen molar-refractivity contribution >= 4 is 11.8 Å². The summed E-state index contributed by atoms with van der Waals surface area (Å²) in [5.74, 6) is -2.86. The second-order valence-corrected chi connectivity index (χ2v) is 2.54. The van der Waals surface area contributed by atoms with Crippen molar-refractivity contribution in [2.24, 2.45) is 5.73 Å². The first-order valence-electron chi connectivity index (χ1n) is 3.59. The van der Waals surface area contributed by atoms with Gasteiger partial charge in [0.1, 0.15) is 5.97 Å². The van der Waals surface area contributed by atoms with Crippen LogP contribution in [0.1, 0.15) is 5.69 Å². The minimum atomic E-state index is -1.76. The average Bonchev–Trinajstić information content (AvgIpc) is 2.55. The molecule has 0 saturated heterocycles. The summed E-state index contributed by atoms with van der Waals surface area (Å²) in [6, 6.07) is -1.08. The average molecular weight is 200 g/mol. The van der Waals surface area contributed by atoms with Gasteiger partial charge in [0.25, 0.3) is 0 Å². The first-order valence-corrected chi connectivity index (χ1v) is 3.59. The number of carboxylic acid groups (broad SMARTS) is 1. The fraction of sp³-hybridized carbons (Fsp3) is 0.286. The lowest BCUT2D eigenvalue weighted by Crippen LogP contribution is -2.44. The van der Waals surface area contributed by atoms with Gasteiger partial charge in [-0.05, 0) is 0 Å². The fourth-order valence-electron chi connectivity index (χ4n) is 0.877. The minimum Gasteiger partial charge on any atom is -0.542 e. The molecule has 0 saturated carbocycles. The standard InChI is InChI=1S/C7H9N3O3.H3N/c8-5(6(11)7(12)13)1-4-2-9-3-10-4;/h2-3,5H,1,8H2,(H,9,10)(H,12,13);1H3/t5-;/m0./s1. The van der Waals surface area contributed by atoms with E-state index in [-0.39, 0.29) is 12.6 Å². The number of nitrogens with one attached hydrogen (secondary N) is 1. The molecule has 1 rings (SSSR count).